The van der Waals surface area contributed by atoms with Crippen LogP contribution in [0.2, 0.25) is 0 Å². The number of alkyl halides is 2. The van der Waals surface area contributed by atoms with Gasteiger partial charge in [0.25, 0.3) is 12.3 Å². The average molecular weight is 296 g/mol. The van der Waals surface area contributed by atoms with Gasteiger partial charge < -0.3 is 10.1 Å². The Bertz CT molecular complexity index is 585. The number of hydrogen-bond donors (Lipinski definition) is 1. The number of rotatable bonds is 2. The fourth-order valence-electron chi connectivity index (χ4n) is 2.71. The minimum absolute atomic E-state index is 0.165. The molecule has 0 unspecified atom stereocenters. The Morgan fingerprint density at radius 3 is 2.62 bits per heavy atom. The maximum absolute atomic E-state index is 12.8. The van der Waals surface area contributed by atoms with Gasteiger partial charge in [0.2, 0.25) is 0 Å². The Balaban J connectivity index is 1.93. The number of urea groups is 1. The lowest BCUT2D eigenvalue weighted by molar-refractivity contribution is -0.125. The fraction of sp³-hybridized carbons (Fsp3) is 0.429. The summed E-state index contributed by atoms with van der Waals surface area (Å²) < 4.78 is 30.7. The molecule has 1 N–H and O–H groups in total. The summed E-state index contributed by atoms with van der Waals surface area (Å²) in [7, 11) is 0. The number of imide groups is 1. The van der Waals surface area contributed by atoms with Crippen molar-refractivity contribution in [1.82, 2.24) is 5.32 Å². The average Bonchev–Trinajstić information content (AvgIpc) is 2.71. The van der Waals surface area contributed by atoms with E-state index in [2.05, 4.69) is 5.32 Å². The summed E-state index contributed by atoms with van der Waals surface area (Å²) >= 11 is 0. The summed E-state index contributed by atoms with van der Waals surface area (Å²) in [5.41, 5.74) is -1.02. The van der Waals surface area contributed by atoms with E-state index in [1.54, 1.807) is 0 Å². The molecule has 0 saturated carbocycles. The first-order valence-electron chi connectivity index (χ1n) is 6.66. The van der Waals surface area contributed by atoms with Crippen LogP contribution in [0.1, 0.15) is 24.8 Å². The molecule has 5 nitrogen and oxygen atoms in total. The molecule has 2 aliphatic rings. The van der Waals surface area contributed by atoms with Crippen molar-refractivity contribution in [2.24, 2.45) is 0 Å². The molecule has 21 heavy (non-hydrogen) atoms. The van der Waals surface area contributed by atoms with Crippen molar-refractivity contribution >= 4 is 17.6 Å². The number of amides is 3. The molecule has 2 aliphatic heterocycles. The number of anilines is 1. The predicted molar refractivity (Wildman–Crippen MR) is 70.2 cm³/mol. The molecule has 2 heterocycles. The lowest BCUT2D eigenvalue weighted by atomic mass is 9.90. The van der Waals surface area contributed by atoms with Crippen molar-refractivity contribution in [2.45, 2.75) is 24.8 Å². The van der Waals surface area contributed by atoms with E-state index in [9.17, 15) is 18.4 Å². The zero-order chi connectivity index (χ0) is 15.0. The smallest absolute Gasteiger partial charge is 0.329 e. The monoisotopic (exact) mass is 296 g/mol. The van der Waals surface area contributed by atoms with Gasteiger partial charge in [-0.15, -0.1) is 0 Å². The number of nitrogens with zero attached hydrogens (tertiary/aromatic N) is 1. The minimum atomic E-state index is -2.65. The molecule has 7 heteroatoms. The third-order valence-corrected chi connectivity index (χ3v) is 3.89. The molecule has 0 aromatic heterocycles. The second-order valence-corrected chi connectivity index (χ2v) is 5.16. The fourth-order valence-corrected chi connectivity index (χ4v) is 2.71. The summed E-state index contributed by atoms with van der Waals surface area (Å²) in [5.74, 6) is -0.401. The van der Waals surface area contributed by atoms with Crippen LogP contribution in [0.5, 0.6) is 0 Å². The van der Waals surface area contributed by atoms with Gasteiger partial charge in [-0.05, 0) is 12.1 Å². The number of ether oxygens (including phenoxy) is 1. The first-order chi connectivity index (χ1) is 10.0. The Morgan fingerprint density at radius 1 is 1.24 bits per heavy atom. The van der Waals surface area contributed by atoms with Gasteiger partial charge in [-0.3, -0.25) is 4.79 Å². The Labute approximate surface area is 119 Å². The van der Waals surface area contributed by atoms with Crippen molar-refractivity contribution in [3.05, 3.63) is 29.8 Å². The van der Waals surface area contributed by atoms with Gasteiger partial charge in [0.05, 0.1) is 5.69 Å². The van der Waals surface area contributed by atoms with Crippen LogP contribution in [0.25, 0.3) is 0 Å². The number of halogens is 2. The van der Waals surface area contributed by atoms with Gasteiger partial charge in [0.1, 0.15) is 5.54 Å². The highest BCUT2D eigenvalue weighted by molar-refractivity contribution is 6.23. The van der Waals surface area contributed by atoms with Gasteiger partial charge in [-0.1, -0.05) is 12.1 Å². The zero-order valence-corrected chi connectivity index (χ0v) is 11.1. The highest BCUT2D eigenvalue weighted by Crippen LogP contribution is 2.33. The van der Waals surface area contributed by atoms with Crippen LogP contribution in [0.4, 0.5) is 19.3 Å². The van der Waals surface area contributed by atoms with Crippen LogP contribution in [0.3, 0.4) is 0 Å². The van der Waals surface area contributed by atoms with Crippen molar-refractivity contribution in [1.29, 1.82) is 0 Å². The zero-order valence-electron chi connectivity index (χ0n) is 11.1. The summed E-state index contributed by atoms with van der Waals surface area (Å²) in [4.78, 5) is 25.6. The van der Waals surface area contributed by atoms with Crippen molar-refractivity contribution in [2.75, 3.05) is 18.1 Å². The molecule has 0 bridgehead atoms. The molecule has 3 amide bonds. The topological polar surface area (TPSA) is 58.6 Å². The third kappa shape index (κ3) is 2.27. The first kappa shape index (κ1) is 13.9. The molecule has 1 aromatic rings. The van der Waals surface area contributed by atoms with E-state index >= 15 is 0 Å². The van der Waals surface area contributed by atoms with Crippen LogP contribution < -0.4 is 10.2 Å². The van der Waals surface area contributed by atoms with Crippen LogP contribution in [0, 0.1) is 0 Å². The molecule has 0 radical (unpaired) electrons. The number of benzene rings is 1. The third-order valence-electron chi connectivity index (χ3n) is 3.89. The van der Waals surface area contributed by atoms with E-state index in [4.69, 9.17) is 4.74 Å². The first-order valence-corrected chi connectivity index (χ1v) is 6.66. The van der Waals surface area contributed by atoms with Crippen molar-refractivity contribution < 1.29 is 23.1 Å². The summed E-state index contributed by atoms with van der Waals surface area (Å²) in [5, 5.41) is 2.69. The number of carbonyl (C=O) groups is 2. The van der Waals surface area contributed by atoms with Crippen molar-refractivity contribution in [3.63, 3.8) is 0 Å². The lowest BCUT2D eigenvalue weighted by Gasteiger charge is -2.30. The molecule has 0 atom stereocenters. The standard InChI is InChI=1S/C14H14F2N2O3/c15-11(16)9-2-1-3-10(8-9)18-12(19)14(17-13(18)20)4-6-21-7-5-14/h1-3,8,11H,4-7H2,(H,17,20). The highest BCUT2D eigenvalue weighted by Gasteiger charge is 2.52. The van der Waals surface area contributed by atoms with Crippen molar-refractivity contribution in [3.8, 4) is 0 Å². The molecule has 2 fully saturated rings. The van der Waals surface area contributed by atoms with E-state index < -0.39 is 23.9 Å². The largest absolute Gasteiger partial charge is 0.381 e. The predicted octanol–water partition coefficient (Wildman–Crippen LogP) is 2.23. The number of hydrogen-bond acceptors (Lipinski definition) is 3. The summed E-state index contributed by atoms with van der Waals surface area (Å²) in [6.45, 7) is 0.772. The van der Waals surface area contributed by atoms with Crippen LogP contribution in [-0.2, 0) is 9.53 Å². The SMILES string of the molecule is O=C1NC2(CCOCC2)C(=O)N1c1cccc(C(F)F)c1. The van der Waals surface area contributed by atoms with Gasteiger partial charge in [-0.2, -0.15) is 0 Å². The summed E-state index contributed by atoms with van der Waals surface area (Å²) in [6.07, 6.45) is -1.87. The van der Waals surface area contributed by atoms with E-state index in [0.717, 1.165) is 4.90 Å². The maximum Gasteiger partial charge on any atom is 0.329 e. The second-order valence-electron chi connectivity index (χ2n) is 5.16. The molecule has 3 rings (SSSR count). The van der Waals surface area contributed by atoms with E-state index in [-0.39, 0.29) is 11.3 Å². The normalized spacial score (nSPS) is 21.2. The molecular weight excluding hydrogens is 282 g/mol. The number of carbonyl (C=O) groups excluding carboxylic acids is 2. The van der Waals surface area contributed by atoms with E-state index in [0.29, 0.717) is 26.1 Å². The Hall–Kier alpha value is -2.02. The highest BCUT2D eigenvalue weighted by atomic mass is 19.3. The molecule has 0 aliphatic carbocycles. The van der Waals surface area contributed by atoms with Gasteiger partial charge in [-0.25, -0.2) is 18.5 Å². The summed E-state index contributed by atoms with van der Waals surface area (Å²) in [6, 6.07) is 4.74. The molecule has 2 saturated heterocycles. The Kier molecular flexibility index (Phi) is 3.36. The minimum Gasteiger partial charge on any atom is -0.381 e. The van der Waals surface area contributed by atoms with Gasteiger partial charge in [0.15, 0.2) is 0 Å². The van der Waals surface area contributed by atoms with Crippen LogP contribution in [0.15, 0.2) is 24.3 Å². The molecular formula is C14H14F2N2O3. The Morgan fingerprint density at radius 2 is 1.95 bits per heavy atom. The molecule has 1 spiro atoms. The molecule has 112 valence electrons. The maximum atomic E-state index is 12.8. The molecule has 1 aromatic carbocycles. The van der Waals surface area contributed by atoms with Gasteiger partial charge >= 0.3 is 6.03 Å². The van der Waals surface area contributed by atoms with E-state index in [1.165, 1.54) is 24.3 Å². The van der Waals surface area contributed by atoms with Crippen LogP contribution in [-0.4, -0.2) is 30.7 Å². The lowest BCUT2D eigenvalue weighted by Crippen LogP contribution is -2.51. The van der Waals surface area contributed by atoms with Crippen LogP contribution >= 0.6 is 0 Å². The second kappa shape index (κ2) is 5.07. The number of nitrogens with one attached hydrogen (secondary N) is 1. The quantitative estimate of drug-likeness (QED) is 0.851. The van der Waals surface area contributed by atoms with E-state index in [1.807, 2.05) is 0 Å². The van der Waals surface area contributed by atoms with Gasteiger partial charge in [0, 0.05) is 31.6 Å².